The second kappa shape index (κ2) is 7.85. The van der Waals surface area contributed by atoms with Gasteiger partial charge in [0.15, 0.2) is 0 Å². The van der Waals surface area contributed by atoms with Crippen molar-refractivity contribution in [3.05, 3.63) is 0 Å². The molecule has 0 aromatic rings. The predicted octanol–water partition coefficient (Wildman–Crippen LogP) is 2.58. The van der Waals surface area contributed by atoms with Gasteiger partial charge in [0.05, 0.1) is 0 Å². The second-order valence-electron chi connectivity index (χ2n) is 6.65. The Bertz CT molecular complexity index is 279. The van der Waals surface area contributed by atoms with E-state index >= 15 is 0 Å². The third-order valence-corrected chi connectivity index (χ3v) is 3.59. The first-order valence-electron chi connectivity index (χ1n) is 7.29. The SMILES string of the molecule is CC(C)CCN(C)C(C)CC(C)(NC(C)C)C(=O)O. The van der Waals surface area contributed by atoms with Crippen molar-refractivity contribution in [3.8, 4) is 0 Å². The molecule has 0 aromatic heterocycles. The maximum atomic E-state index is 11.5. The van der Waals surface area contributed by atoms with Gasteiger partial charge in [-0.05, 0) is 60.0 Å². The standard InChI is InChI=1S/C15H32N2O2/c1-11(2)8-9-17(7)13(5)10-15(6,14(18)19)16-12(3)4/h11-13,16H,8-10H2,1-7H3,(H,18,19). The molecule has 0 amide bonds. The Hall–Kier alpha value is -0.610. The molecule has 0 bridgehead atoms. The molecule has 0 aromatic carbocycles. The summed E-state index contributed by atoms with van der Waals surface area (Å²) in [6.07, 6.45) is 1.75. The number of carboxylic acids is 1. The fourth-order valence-corrected chi connectivity index (χ4v) is 2.27. The van der Waals surface area contributed by atoms with Crippen LogP contribution in [-0.4, -0.2) is 47.2 Å². The summed E-state index contributed by atoms with van der Waals surface area (Å²) in [6, 6.07) is 0.403. The van der Waals surface area contributed by atoms with Gasteiger partial charge in [-0.2, -0.15) is 0 Å². The highest BCUT2D eigenvalue weighted by atomic mass is 16.4. The van der Waals surface area contributed by atoms with Crippen molar-refractivity contribution in [2.45, 2.75) is 72.0 Å². The zero-order valence-electron chi connectivity index (χ0n) is 13.7. The quantitative estimate of drug-likeness (QED) is 0.677. The summed E-state index contributed by atoms with van der Waals surface area (Å²) in [5, 5.41) is 12.6. The minimum Gasteiger partial charge on any atom is -0.480 e. The molecule has 2 N–H and O–H groups in total. The molecule has 0 heterocycles. The maximum Gasteiger partial charge on any atom is 0.323 e. The normalized spacial score (nSPS) is 16.9. The van der Waals surface area contributed by atoms with E-state index in [1.54, 1.807) is 6.92 Å². The molecule has 114 valence electrons. The Morgan fingerprint density at radius 3 is 2.16 bits per heavy atom. The van der Waals surface area contributed by atoms with E-state index in [4.69, 9.17) is 0 Å². The summed E-state index contributed by atoms with van der Waals surface area (Å²) in [5.41, 5.74) is -0.861. The van der Waals surface area contributed by atoms with E-state index in [1.807, 2.05) is 13.8 Å². The Balaban J connectivity index is 4.54. The van der Waals surface area contributed by atoms with Gasteiger partial charge in [0.25, 0.3) is 0 Å². The fourth-order valence-electron chi connectivity index (χ4n) is 2.27. The monoisotopic (exact) mass is 272 g/mol. The third kappa shape index (κ3) is 6.92. The van der Waals surface area contributed by atoms with Crippen LogP contribution in [0, 0.1) is 5.92 Å². The number of nitrogens with zero attached hydrogens (tertiary/aromatic N) is 1. The number of rotatable bonds is 9. The van der Waals surface area contributed by atoms with Crippen LogP contribution in [0.25, 0.3) is 0 Å². The van der Waals surface area contributed by atoms with Gasteiger partial charge in [-0.3, -0.25) is 10.1 Å². The molecule has 19 heavy (non-hydrogen) atoms. The first kappa shape index (κ1) is 18.4. The van der Waals surface area contributed by atoms with Gasteiger partial charge >= 0.3 is 5.97 Å². The van der Waals surface area contributed by atoms with Crippen molar-refractivity contribution >= 4 is 5.97 Å². The number of carboxylic acid groups (broad SMARTS) is 1. The van der Waals surface area contributed by atoms with Crippen molar-refractivity contribution in [1.82, 2.24) is 10.2 Å². The molecule has 4 nitrogen and oxygen atoms in total. The van der Waals surface area contributed by atoms with Gasteiger partial charge in [-0.25, -0.2) is 0 Å². The largest absolute Gasteiger partial charge is 0.480 e. The van der Waals surface area contributed by atoms with Gasteiger partial charge < -0.3 is 10.0 Å². The molecule has 0 saturated carbocycles. The lowest BCUT2D eigenvalue weighted by Crippen LogP contribution is -2.55. The maximum absolute atomic E-state index is 11.5. The van der Waals surface area contributed by atoms with Crippen LogP contribution in [0.15, 0.2) is 0 Å². The topological polar surface area (TPSA) is 52.6 Å². The van der Waals surface area contributed by atoms with E-state index in [9.17, 15) is 9.90 Å². The van der Waals surface area contributed by atoms with Crippen molar-refractivity contribution in [3.63, 3.8) is 0 Å². The molecule has 0 spiro atoms. The summed E-state index contributed by atoms with van der Waals surface area (Å²) in [4.78, 5) is 13.8. The average molecular weight is 272 g/mol. The number of aliphatic carboxylic acids is 1. The summed E-state index contributed by atoms with van der Waals surface area (Å²) >= 11 is 0. The highest BCUT2D eigenvalue weighted by Gasteiger charge is 2.35. The molecule has 0 rings (SSSR count). The number of nitrogens with one attached hydrogen (secondary N) is 1. The first-order chi connectivity index (χ1) is 8.58. The van der Waals surface area contributed by atoms with Crippen LogP contribution in [0.5, 0.6) is 0 Å². The first-order valence-corrected chi connectivity index (χ1v) is 7.29. The van der Waals surface area contributed by atoms with Crippen molar-refractivity contribution in [1.29, 1.82) is 0 Å². The van der Waals surface area contributed by atoms with Crippen LogP contribution >= 0.6 is 0 Å². The van der Waals surface area contributed by atoms with E-state index in [2.05, 4.69) is 38.0 Å². The Kier molecular flexibility index (Phi) is 7.60. The molecule has 0 saturated heterocycles. The van der Waals surface area contributed by atoms with Crippen molar-refractivity contribution < 1.29 is 9.90 Å². The highest BCUT2D eigenvalue weighted by molar-refractivity contribution is 5.78. The molecule has 0 fully saturated rings. The van der Waals surface area contributed by atoms with E-state index in [0.29, 0.717) is 12.3 Å². The van der Waals surface area contributed by atoms with Gasteiger partial charge in [-0.1, -0.05) is 13.8 Å². The summed E-state index contributed by atoms with van der Waals surface area (Å²) in [7, 11) is 2.07. The highest BCUT2D eigenvalue weighted by Crippen LogP contribution is 2.18. The van der Waals surface area contributed by atoms with Crippen LogP contribution < -0.4 is 5.32 Å². The Morgan fingerprint density at radius 1 is 1.26 bits per heavy atom. The van der Waals surface area contributed by atoms with Crippen molar-refractivity contribution in [2.75, 3.05) is 13.6 Å². The lowest BCUT2D eigenvalue weighted by molar-refractivity contribution is -0.145. The number of hydrogen-bond donors (Lipinski definition) is 2. The van der Waals surface area contributed by atoms with E-state index < -0.39 is 11.5 Å². The van der Waals surface area contributed by atoms with E-state index in [-0.39, 0.29) is 12.1 Å². The molecule has 0 aliphatic carbocycles. The number of carbonyl (C=O) groups is 1. The van der Waals surface area contributed by atoms with Crippen LogP contribution in [0.3, 0.4) is 0 Å². The predicted molar refractivity (Wildman–Crippen MR) is 80.5 cm³/mol. The lowest BCUT2D eigenvalue weighted by atomic mass is 9.92. The molecular weight excluding hydrogens is 240 g/mol. The molecule has 0 aliphatic heterocycles. The van der Waals surface area contributed by atoms with Gasteiger partial charge in [-0.15, -0.1) is 0 Å². The Labute approximate surface area is 118 Å². The summed E-state index contributed by atoms with van der Waals surface area (Å²) in [5.74, 6) is -0.0976. The molecule has 0 aliphatic rings. The van der Waals surface area contributed by atoms with Crippen LogP contribution in [-0.2, 0) is 4.79 Å². The van der Waals surface area contributed by atoms with Gasteiger partial charge in [0.1, 0.15) is 5.54 Å². The molecule has 2 unspecified atom stereocenters. The smallest absolute Gasteiger partial charge is 0.323 e. The minimum absolute atomic E-state index is 0.161. The number of hydrogen-bond acceptors (Lipinski definition) is 3. The fraction of sp³-hybridized carbons (Fsp3) is 0.933. The van der Waals surface area contributed by atoms with Crippen LogP contribution in [0.1, 0.15) is 54.4 Å². The molecule has 2 atom stereocenters. The van der Waals surface area contributed by atoms with Crippen molar-refractivity contribution in [2.24, 2.45) is 5.92 Å². The van der Waals surface area contributed by atoms with Crippen LogP contribution in [0.4, 0.5) is 0 Å². The zero-order chi connectivity index (χ0) is 15.2. The molecular formula is C15H32N2O2. The third-order valence-electron chi connectivity index (χ3n) is 3.59. The summed E-state index contributed by atoms with van der Waals surface area (Å²) in [6.45, 7) is 13.3. The minimum atomic E-state index is -0.861. The Morgan fingerprint density at radius 2 is 1.79 bits per heavy atom. The summed E-state index contributed by atoms with van der Waals surface area (Å²) < 4.78 is 0. The lowest BCUT2D eigenvalue weighted by Gasteiger charge is -2.35. The molecule has 4 heteroatoms. The zero-order valence-corrected chi connectivity index (χ0v) is 13.7. The second-order valence-corrected chi connectivity index (χ2v) is 6.65. The van der Waals surface area contributed by atoms with Gasteiger partial charge in [0.2, 0.25) is 0 Å². The van der Waals surface area contributed by atoms with Crippen LogP contribution in [0.2, 0.25) is 0 Å². The van der Waals surface area contributed by atoms with E-state index in [0.717, 1.165) is 13.0 Å². The molecule has 0 radical (unpaired) electrons. The average Bonchev–Trinajstić information content (AvgIpc) is 2.24. The van der Waals surface area contributed by atoms with Gasteiger partial charge in [0, 0.05) is 12.1 Å². The van der Waals surface area contributed by atoms with E-state index in [1.165, 1.54) is 0 Å².